The lowest BCUT2D eigenvalue weighted by Crippen LogP contribution is -1.92. The Labute approximate surface area is 120 Å². The van der Waals surface area contributed by atoms with Gasteiger partial charge in [0.2, 0.25) is 0 Å². The quantitative estimate of drug-likeness (QED) is 0.521. The molecule has 1 heterocycles. The Bertz CT molecular complexity index is 862. The highest BCUT2D eigenvalue weighted by Gasteiger charge is 2.10. The monoisotopic (exact) mass is 282 g/mol. The number of non-ortho nitro benzene ring substituents is 1. The van der Waals surface area contributed by atoms with Gasteiger partial charge in [0.15, 0.2) is 0 Å². The first-order chi connectivity index (χ1) is 10.0. The number of hydrogen-bond donors (Lipinski definition) is 0. The molecule has 0 unspecified atom stereocenters. The lowest BCUT2D eigenvalue weighted by Gasteiger charge is -2.06. The van der Waals surface area contributed by atoms with E-state index in [1.54, 1.807) is 31.2 Å². The first-order valence-electron chi connectivity index (χ1n) is 6.36. The summed E-state index contributed by atoms with van der Waals surface area (Å²) in [6, 6.07) is 12.7. The molecule has 0 aliphatic carbocycles. The molecule has 21 heavy (non-hydrogen) atoms. The predicted molar refractivity (Wildman–Crippen MR) is 78.5 cm³/mol. The van der Waals surface area contributed by atoms with Gasteiger partial charge in [0.05, 0.1) is 16.1 Å². The van der Waals surface area contributed by atoms with Crippen molar-refractivity contribution in [2.45, 2.75) is 6.92 Å². The van der Waals surface area contributed by atoms with Crippen LogP contribution in [-0.2, 0) is 0 Å². The molecule has 3 rings (SSSR count). The molecule has 0 spiro atoms. The van der Waals surface area contributed by atoms with Crippen LogP contribution in [0.25, 0.3) is 22.2 Å². The van der Waals surface area contributed by atoms with Crippen LogP contribution >= 0.6 is 0 Å². The molecule has 5 heteroatoms. The van der Waals surface area contributed by atoms with E-state index in [0.717, 1.165) is 16.5 Å². The Morgan fingerprint density at radius 1 is 1.10 bits per heavy atom. The molecule has 0 amide bonds. The van der Waals surface area contributed by atoms with Crippen LogP contribution in [0.3, 0.4) is 0 Å². The second-order valence-corrected chi connectivity index (χ2v) is 4.79. The molecule has 0 atom stereocenters. The maximum absolute atomic E-state index is 13.2. The topological polar surface area (TPSA) is 56.0 Å². The fraction of sp³-hybridized carbons (Fsp3) is 0.0625. The zero-order valence-electron chi connectivity index (χ0n) is 11.2. The zero-order chi connectivity index (χ0) is 15.0. The molecule has 0 N–H and O–H groups in total. The minimum absolute atomic E-state index is 0.0547. The molecule has 0 radical (unpaired) electrons. The Kier molecular flexibility index (Phi) is 3.10. The summed E-state index contributed by atoms with van der Waals surface area (Å²) in [4.78, 5) is 14.8. The number of nitro groups is 1. The van der Waals surface area contributed by atoms with Crippen LogP contribution in [0.2, 0.25) is 0 Å². The van der Waals surface area contributed by atoms with Crippen molar-refractivity contribution in [3.8, 4) is 11.3 Å². The Morgan fingerprint density at radius 3 is 2.62 bits per heavy atom. The van der Waals surface area contributed by atoms with Gasteiger partial charge in [0.25, 0.3) is 5.69 Å². The number of fused-ring (bicyclic) bond motifs is 1. The number of aromatic nitrogens is 1. The first kappa shape index (κ1) is 13.2. The SMILES string of the molecule is Cc1cc([N+](=O)[O-])ccc1-c1ccc2cc(F)ccc2n1. The van der Waals surface area contributed by atoms with Crippen molar-refractivity contribution in [3.05, 3.63) is 70.0 Å². The van der Waals surface area contributed by atoms with Crippen LogP contribution in [0.1, 0.15) is 5.56 Å². The molecule has 3 aromatic rings. The molecule has 0 aliphatic heterocycles. The van der Waals surface area contributed by atoms with Gasteiger partial charge in [0, 0.05) is 23.1 Å². The molecule has 4 nitrogen and oxygen atoms in total. The van der Waals surface area contributed by atoms with Crippen molar-refractivity contribution < 1.29 is 9.31 Å². The standard InChI is InChI=1S/C16H11FN2O2/c1-10-8-13(19(20)21)4-5-14(10)16-6-2-11-9-12(17)3-7-15(11)18-16/h2-9H,1H3. The van der Waals surface area contributed by atoms with Gasteiger partial charge < -0.3 is 0 Å². The lowest BCUT2D eigenvalue weighted by atomic mass is 10.0. The van der Waals surface area contributed by atoms with Crippen LogP contribution in [0.4, 0.5) is 10.1 Å². The molecule has 104 valence electrons. The number of nitrogens with zero attached hydrogens (tertiary/aromatic N) is 2. The Morgan fingerprint density at radius 2 is 1.90 bits per heavy atom. The molecule has 0 fully saturated rings. The molecule has 0 aliphatic rings. The summed E-state index contributed by atoms with van der Waals surface area (Å²) in [6.07, 6.45) is 0. The van der Waals surface area contributed by atoms with E-state index in [1.807, 2.05) is 0 Å². The largest absolute Gasteiger partial charge is 0.269 e. The van der Waals surface area contributed by atoms with Crippen LogP contribution in [0.5, 0.6) is 0 Å². The second kappa shape index (κ2) is 4.94. The normalized spacial score (nSPS) is 10.8. The lowest BCUT2D eigenvalue weighted by molar-refractivity contribution is -0.384. The Balaban J connectivity index is 2.12. The first-order valence-corrected chi connectivity index (χ1v) is 6.36. The van der Waals surface area contributed by atoms with Gasteiger partial charge in [-0.2, -0.15) is 0 Å². The van der Waals surface area contributed by atoms with Gasteiger partial charge in [-0.3, -0.25) is 10.1 Å². The van der Waals surface area contributed by atoms with Crippen LogP contribution < -0.4 is 0 Å². The molecule has 1 aromatic heterocycles. The summed E-state index contributed by atoms with van der Waals surface area (Å²) >= 11 is 0. The van der Waals surface area contributed by atoms with Gasteiger partial charge in [0.1, 0.15) is 5.82 Å². The molecular weight excluding hydrogens is 271 g/mol. The summed E-state index contributed by atoms with van der Waals surface area (Å²) in [6.45, 7) is 1.80. The van der Waals surface area contributed by atoms with E-state index in [9.17, 15) is 14.5 Å². The van der Waals surface area contributed by atoms with Crippen molar-refractivity contribution in [3.63, 3.8) is 0 Å². The minimum Gasteiger partial charge on any atom is -0.258 e. The number of rotatable bonds is 2. The summed E-state index contributed by atoms with van der Waals surface area (Å²) in [5, 5.41) is 11.5. The third kappa shape index (κ3) is 2.45. The fourth-order valence-electron chi connectivity index (χ4n) is 2.30. The maximum atomic E-state index is 13.2. The molecule has 0 saturated heterocycles. The number of nitro benzene ring substituents is 1. The highest BCUT2D eigenvalue weighted by atomic mass is 19.1. The van der Waals surface area contributed by atoms with E-state index in [2.05, 4.69) is 4.98 Å². The van der Waals surface area contributed by atoms with Crippen LogP contribution in [0.15, 0.2) is 48.5 Å². The van der Waals surface area contributed by atoms with Crippen LogP contribution in [-0.4, -0.2) is 9.91 Å². The van der Waals surface area contributed by atoms with Gasteiger partial charge in [-0.15, -0.1) is 0 Å². The van der Waals surface area contributed by atoms with E-state index in [-0.39, 0.29) is 11.5 Å². The molecule has 2 aromatic carbocycles. The van der Waals surface area contributed by atoms with Crippen molar-refractivity contribution in [2.24, 2.45) is 0 Å². The zero-order valence-corrected chi connectivity index (χ0v) is 11.2. The summed E-state index contributed by atoms with van der Waals surface area (Å²) < 4.78 is 13.2. The van der Waals surface area contributed by atoms with Gasteiger partial charge in [-0.25, -0.2) is 9.37 Å². The van der Waals surface area contributed by atoms with E-state index in [1.165, 1.54) is 24.3 Å². The van der Waals surface area contributed by atoms with Crippen molar-refractivity contribution >= 4 is 16.6 Å². The van der Waals surface area contributed by atoms with Crippen molar-refractivity contribution in [2.75, 3.05) is 0 Å². The number of pyridine rings is 1. The number of benzene rings is 2. The number of hydrogen-bond acceptors (Lipinski definition) is 3. The predicted octanol–water partition coefficient (Wildman–Crippen LogP) is 4.26. The summed E-state index contributed by atoms with van der Waals surface area (Å²) in [5.74, 6) is -0.302. The van der Waals surface area contributed by atoms with E-state index in [0.29, 0.717) is 11.2 Å². The number of aryl methyl sites for hydroxylation is 1. The van der Waals surface area contributed by atoms with Crippen molar-refractivity contribution in [1.29, 1.82) is 0 Å². The summed E-state index contributed by atoms with van der Waals surface area (Å²) in [7, 11) is 0. The van der Waals surface area contributed by atoms with E-state index < -0.39 is 4.92 Å². The number of halogens is 1. The third-order valence-corrected chi connectivity index (χ3v) is 3.35. The van der Waals surface area contributed by atoms with Crippen LogP contribution in [0, 0.1) is 22.9 Å². The maximum Gasteiger partial charge on any atom is 0.269 e. The highest BCUT2D eigenvalue weighted by Crippen LogP contribution is 2.27. The van der Waals surface area contributed by atoms with Crippen molar-refractivity contribution in [1.82, 2.24) is 4.98 Å². The molecular formula is C16H11FN2O2. The van der Waals surface area contributed by atoms with E-state index in [4.69, 9.17) is 0 Å². The van der Waals surface area contributed by atoms with Gasteiger partial charge >= 0.3 is 0 Å². The summed E-state index contributed by atoms with van der Waals surface area (Å²) in [5.41, 5.74) is 3.05. The third-order valence-electron chi connectivity index (χ3n) is 3.35. The highest BCUT2D eigenvalue weighted by molar-refractivity contribution is 5.82. The molecule has 0 bridgehead atoms. The van der Waals surface area contributed by atoms with Gasteiger partial charge in [-0.1, -0.05) is 6.07 Å². The molecule has 0 saturated carbocycles. The average molecular weight is 282 g/mol. The minimum atomic E-state index is -0.423. The van der Waals surface area contributed by atoms with Gasteiger partial charge in [-0.05, 0) is 42.8 Å². The average Bonchev–Trinajstić information content (AvgIpc) is 2.46. The Hall–Kier alpha value is -2.82. The van der Waals surface area contributed by atoms with E-state index >= 15 is 0 Å². The second-order valence-electron chi connectivity index (χ2n) is 4.79. The smallest absolute Gasteiger partial charge is 0.258 e. The fourth-order valence-corrected chi connectivity index (χ4v) is 2.30.